The molecule has 0 aliphatic carbocycles. The highest BCUT2D eigenvalue weighted by Crippen LogP contribution is 2.37. The fourth-order valence-electron chi connectivity index (χ4n) is 0.847. The topological polar surface area (TPSA) is 57.5 Å². The Morgan fingerprint density at radius 2 is 1.73 bits per heavy atom. The van der Waals surface area contributed by atoms with E-state index in [2.05, 4.69) is 0 Å². The maximum atomic E-state index is 12.9. The lowest BCUT2D eigenvalue weighted by Crippen LogP contribution is -1.92. The van der Waals surface area contributed by atoms with Gasteiger partial charge in [-0.3, -0.25) is 4.57 Å². The van der Waals surface area contributed by atoms with Crippen molar-refractivity contribution in [3.63, 3.8) is 0 Å². The van der Waals surface area contributed by atoms with E-state index in [0.717, 1.165) is 6.07 Å². The Labute approximate surface area is 83.0 Å². The van der Waals surface area contributed by atoms with Crippen molar-refractivity contribution in [2.45, 2.75) is 0 Å². The van der Waals surface area contributed by atoms with E-state index in [4.69, 9.17) is 9.79 Å². The molecule has 0 saturated carbocycles. The minimum absolute atomic E-state index is 0.406. The molecule has 0 amide bonds. The van der Waals surface area contributed by atoms with E-state index in [0.29, 0.717) is 18.0 Å². The molecular weight excluding hydrogens is 232 g/mol. The van der Waals surface area contributed by atoms with Gasteiger partial charge in [0.25, 0.3) is 0 Å². The Kier molecular flexibility index (Phi) is 3.34. The Bertz CT molecular complexity index is 453. The zero-order chi connectivity index (χ0) is 11.6. The zero-order valence-electron chi connectivity index (χ0n) is 7.19. The quantitative estimate of drug-likeness (QED) is 0.613. The average molecular weight is 238 g/mol. The molecule has 2 N–H and O–H groups in total. The van der Waals surface area contributed by atoms with Crippen LogP contribution >= 0.6 is 7.60 Å². The minimum Gasteiger partial charge on any atom is -0.321 e. The molecule has 1 aromatic rings. The van der Waals surface area contributed by atoms with Crippen LogP contribution in [0.3, 0.4) is 0 Å². The summed E-state index contributed by atoms with van der Waals surface area (Å²) >= 11 is 0. The van der Waals surface area contributed by atoms with Crippen molar-refractivity contribution in [2.75, 3.05) is 0 Å². The summed E-state index contributed by atoms with van der Waals surface area (Å²) in [5.74, 6) is -4.12. The predicted molar refractivity (Wildman–Crippen MR) is 47.4 cm³/mol. The molecule has 3 nitrogen and oxygen atoms in total. The second-order valence-electron chi connectivity index (χ2n) is 2.67. The third-order valence-electron chi connectivity index (χ3n) is 1.51. The van der Waals surface area contributed by atoms with Crippen molar-refractivity contribution in [2.24, 2.45) is 0 Å². The summed E-state index contributed by atoms with van der Waals surface area (Å²) in [5.41, 5.74) is -0.433. The second-order valence-corrected chi connectivity index (χ2v) is 4.15. The van der Waals surface area contributed by atoms with E-state index < -0.39 is 30.6 Å². The van der Waals surface area contributed by atoms with Gasteiger partial charge in [0.1, 0.15) is 0 Å². The van der Waals surface area contributed by atoms with Crippen molar-refractivity contribution >= 4 is 13.7 Å². The molecule has 0 heterocycles. The summed E-state index contributed by atoms with van der Waals surface area (Å²) < 4.78 is 48.4. The lowest BCUT2D eigenvalue weighted by molar-refractivity contribution is 0.386. The molecule has 0 bridgehead atoms. The van der Waals surface area contributed by atoms with Crippen LogP contribution in [0.5, 0.6) is 0 Å². The van der Waals surface area contributed by atoms with Gasteiger partial charge in [0.05, 0.1) is 0 Å². The Morgan fingerprint density at radius 1 is 1.13 bits per heavy atom. The van der Waals surface area contributed by atoms with Gasteiger partial charge in [0, 0.05) is 11.4 Å². The van der Waals surface area contributed by atoms with E-state index in [1.807, 2.05) is 0 Å². The van der Waals surface area contributed by atoms with Crippen molar-refractivity contribution in [1.29, 1.82) is 0 Å². The monoisotopic (exact) mass is 238 g/mol. The van der Waals surface area contributed by atoms with Crippen molar-refractivity contribution < 1.29 is 27.5 Å². The van der Waals surface area contributed by atoms with Crippen LogP contribution in [0.2, 0.25) is 0 Å². The number of hydrogen-bond donors (Lipinski definition) is 2. The molecule has 0 saturated heterocycles. The number of rotatable bonds is 2. The van der Waals surface area contributed by atoms with Crippen LogP contribution in [-0.4, -0.2) is 9.79 Å². The third kappa shape index (κ3) is 3.20. The molecule has 0 aromatic heterocycles. The van der Waals surface area contributed by atoms with Gasteiger partial charge in [-0.05, 0) is 18.2 Å². The van der Waals surface area contributed by atoms with Crippen LogP contribution in [0, 0.1) is 17.5 Å². The van der Waals surface area contributed by atoms with Gasteiger partial charge in [0.2, 0.25) is 0 Å². The van der Waals surface area contributed by atoms with Crippen LogP contribution in [0.15, 0.2) is 17.9 Å². The van der Waals surface area contributed by atoms with E-state index >= 15 is 0 Å². The van der Waals surface area contributed by atoms with E-state index in [-0.39, 0.29) is 0 Å². The first kappa shape index (κ1) is 12.0. The molecule has 1 aromatic carbocycles. The normalized spacial score (nSPS) is 12.3. The Hall–Kier alpha value is -1.10. The molecule has 0 atom stereocenters. The Morgan fingerprint density at radius 3 is 2.27 bits per heavy atom. The van der Waals surface area contributed by atoms with E-state index in [1.165, 1.54) is 0 Å². The van der Waals surface area contributed by atoms with Gasteiger partial charge in [-0.2, -0.15) is 0 Å². The zero-order valence-corrected chi connectivity index (χ0v) is 8.09. The van der Waals surface area contributed by atoms with Crippen LogP contribution in [0.25, 0.3) is 6.08 Å². The summed E-state index contributed by atoms with van der Waals surface area (Å²) in [6.45, 7) is 0. The first-order chi connectivity index (χ1) is 6.81. The van der Waals surface area contributed by atoms with Gasteiger partial charge in [-0.15, -0.1) is 0 Å². The molecule has 0 unspecified atom stereocenters. The lowest BCUT2D eigenvalue weighted by atomic mass is 10.2. The first-order valence-corrected chi connectivity index (χ1v) is 5.37. The van der Waals surface area contributed by atoms with Crippen LogP contribution in [0.4, 0.5) is 13.2 Å². The molecule has 0 aliphatic heterocycles. The highest BCUT2D eigenvalue weighted by molar-refractivity contribution is 7.55. The van der Waals surface area contributed by atoms with Crippen molar-refractivity contribution in [1.82, 2.24) is 0 Å². The molecule has 82 valence electrons. The highest BCUT2D eigenvalue weighted by atomic mass is 31.2. The summed E-state index contributed by atoms with van der Waals surface area (Å²) in [6.07, 6.45) is 0.693. The van der Waals surface area contributed by atoms with Crippen molar-refractivity contribution in [3.8, 4) is 0 Å². The molecule has 0 radical (unpaired) electrons. The van der Waals surface area contributed by atoms with Crippen LogP contribution < -0.4 is 0 Å². The molecule has 0 spiro atoms. The van der Waals surface area contributed by atoms with Gasteiger partial charge >= 0.3 is 7.60 Å². The fraction of sp³-hybridized carbons (Fsp3) is 0. The molecule has 0 fully saturated rings. The fourth-order valence-corrected chi connectivity index (χ4v) is 1.20. The lowest BCUT2D eigenvalue weighted by Gasteiger charge is -1.99. The maximum Gasteiger partial charge on any atom is 0.349 e. The average Bonchev–Trinajstić information content (AvgIpc) is 2.12. The second kappa shape index (κ2) is 4.18. The van der Waals surface area contributed by atoms with Gasteiger partial charge < -0.3 is 9.79 Å². The number of hydrogen-bond acceptors (Lipinski definition) is 1. The van der Waals surface area contributed by atoms with E-state index in [1.54, 1.807) is 0 Å². The molecule has 1 rings (SSSR count). The number of halogens is 3. The molecule has 15 heavy (non-hydrogen) atoms. The predicted octanol–water partition coefficient (Wildman–Crippen LogP) is 2.25. The summed E-state index contributed by atoms with van der Waals surface area (Å²) in [7, 11) is -4.44. The third-order valence-corrected chi connectivity index (χ3v) is 2.05. The summed E-state index contributed by atoms with van der Waals surface area (Å²) in [4.78, 5) is 16.9. The molecule has 7 heteroatoms. The smallest absolute Gasteiger partial charge is 0.321 e. The van der Waals surface area contributed by atoms with Gasteiger partial charge in [-0.1, -0.05) is 0 Å². The highest BCUT2D eigenvalue weighted by Gasteiger charge is 2.13. The Balaban J connectivity index is 3.13. The molecule has 0 aliphatic rings. The van der Waals surface area contributed by atoms with Gasteiger partial charge in [-0.25, -0.2) is 13.2 Å². The van der Waals surface area contributed by atoms with E-state index in [9.17, 15) is 17.7 Å². The van der Waals surface area contributed by atoms with Crippen LogP contribution in [-0.2, 0) is 4.57 Å². The first-order valence-electron chi connectivity index (χ1n) is 3.69. The molecular formula is C8H6F3O3P. The van der Waals surface area contributed by atoms with Gasteiger partial charge in [0.15, 0.2) is 17.5 Å². The largest absolute Gasteiger partial charge is 0.349 e. The SMILES string of the molecule is O=P(O)(O)C=Cc1ccc(F)c(F)c1F. The van der Waals surface area contributed by atoms with Crippen molar-refractivity contribution in [3.05, 3.63) is 41.0 Å². The number of benzene rings is 1. The summed E-state index contributed by atoms with van der Waals surface area (Å²) in [5, 5.41) is 0. The summed E-state index contributed by atoms with van der Waals surface area (Å²) in [6, 6.07) is 1.54. The minimum atomic E-state index is -4.44. The standard InChI is InChI=1S/C8H6F3O3P/c9-6-2-1-5(7(10)8(6)11)3-4-15(12,13)14/h1-4H,(H2,12,13,14). The van der Waals surface area contributed by atoms with Crippen LogP contribution in [0.1, 0.15) is 5.56 Å². The maximum absolute atomic E-state index is 12.9.